The molecule has 7 heteroatoms. The molecule has 2 aliphatic heterocycles. The van der Waals surface area contributed by atoms with Crippen LogP contribution < -0.4 is 0 Å². The Hall–Kier alpha value is -1.96. The molecule has 0 aliphatic carbocycles. The van der Waals surface area contributed by atoms with Gasteiger partial charge >= 0.3 is 5.97 Å². The standard InChI is InChI=1S/C15H17NO6/c17-11-6-12-16(11)7-10(22-12)13(18)14(19)15(20)21-8-9-4-2-1-3-5-9/h1-5,10,12-14,18-19H,6-8H2/t10-,12+,13+,14-/m1/s1. The van der Waals surface area contributed by atoms with Crippen molar-refractivity contribution in [2.24, 2.45) is 0 Å². The monoisotopic (exact) mass is 307 g/mol. The van der Waals surface area contributed by atoms with Gasteiger partial charge in [0.05, 0.1) is 13.0 Å². The van der Waals surface area contributed by atoms with E-state index in [9.17, 15) is 19.8 Å². The lowest BCUT2D eigenvalue weighted by atomic mass is 10.1. The van der Waals surface area contributed by atoms with Crippen molar-refractivity contribution in [3.63, 3.8) is 0 Å². The van der Waals surface area contributed by atoms with Crippen molar-refractivity contribution in [1.29, 1.82) is 0 Å². The number of aliphatic hydroxyl groups excluding tert-OH is 2. The minimum atomic E-state index is -1.71. The fourth-order valence-electron chi connectivity index (χ4n) is 2.55. The molecule has 3 rings (SSSR count). The van der Waals surface area contributed by atoms with E-state index in [0.29, 0.717) is 0 Å². The number of esters is 1. The van der Waals surface area contributed by atoms with Crippen molar-refractivity contribution in [1.82, 2.24) is 4.90 Å². The van der Waals surface area contributed by atoms with Gasteiger partial charge in [0, 0.05) is 0 Å². The van der Waals surface area contributed by atoms with Gasteiger partial charge < -0.3 is 24.6 Å². The maximum absolute atomic E-state index is 11.8. The van der Waals surface area contributed by atoms with E-state index in [2.05, 4.69) is 0 Å². The second-order valence-electron chi connectivity index (χ2n) is 5.41. The summed E-state index contributed by atoms with van der Waals surface area (Å²) in [7, 11) is 0. The Kier molecular flexibility index (Phi) is 4.10. The number of fused-ring (bicyclic) bond motifs is 1. The number of β-lactam (4-membered cyclic amide) rings is 1. The Morgan fingerprint density at radius 1 is 1.36 bits per heavy atom. The molecule has 0 bridgehead atoms. The van der Waals surface area contributed by atoms with Gasteiger partial charge in [-0.2, -0.15) is 0 Å². The van der Waals surface area contributed by atoms with Gasteiger partial charge in [-0.05, 0) is 5.56 Å². The third kappa shape index (κ3) is 2.83. The van der Waals surface area contributed by atoms with E-state index < -0.39 is 24.3 Å². The lowest BCUT2D eigenvalue weighted by Gasteiger charge is -2.31. The molecule has 0 unspecified atom stereocenters. The van der Waals surface area contributed by atoms with E-state index in [-0.39, 0.29) is 31.7 Å². The predicted molar refractivity (Wildman–Crippen MR) is 73.2 cm³/mol. The molecule has 0 spiro atoms. The third-order valence-electron chi connectivity index (χ3n) is 3.90. The second kappa shape index (κ2) is 6.04. The number of rotatable bonds is 5. The van der Waals surface area contributed by atoms with Gasteiger partial charge in [0.1, 0.15) is 25.0 Å². The van der Waals surface area contributed by atoms with Gasteiger partial charge in [0.2, 0.25) is 5.91 Å². The normalized spacial score (nSPS) is 26.1. The Morgan fingerprint density at radius 2 is 2.09 bits per heavy atom. The van der Waals surface area contributed by atoms with Crippen LogP contribution in [0.2, 0.25) is 0 Å². The van der Waals surface area contributed by atoms with E-state index >= 15 is 0 Å². The third-order valence-corrected chi connectivity index (χ3v) is 3.90. The van der Waals surface area contributed by atoms with Crippen LogP contribution >= 0.6 is 0 Å². The molecule has 4 atom stereocenters. The number of amides is 1. The predicted octanol–water partition coefficient (Wildman–Crippen LogP) is -0.591. The summed E-state index contributed by atoms with van der Waals surface area (Å²) in [6.07, 6.45) is -3.99. The fourth-order valence-corrected chi connectivity index (χ4v) is 2.55. The van der Waals surface area contributed by atoms with Gasteiger partial charge in [-0.15, -0.1) is 0 Å². The molecular weight excluding hydrogens is 290 g/mol. The van der Waals surface area contributed by atoms with Crippen molar-refractivity contribution in [2.45, 2.75) is 37.6 Å². The van der Waals surface area contributed by atoms with E-state index in [1.807, 2.05) is 18.2 Å². The summed E-state index contributed by atoms with van der Waals surface area (Å²) in [5, 5.41) is 19.9. The molecule has 2 saturated heterocycles. The van der Waals surface area contributed by atoms with Crippen LogP contribution in [-0.4, -0.2) is 58.1 Å². The lowest BCUT2D eigenvalue weighted by Crippen LogP contribution is -2.49. The smallest absolute Gasteiger partial charge is 0.338 e. The quantitative estimate of drug-likeness (QED) is 0.557. The average Bonchev–Trinajstić information content (AvgIpc) is 2.89. The van der Waals surface area contributed by atoms with E-state index in [4.69, 9.17) is 9.47 Å². The maximum Gasteiger partial charge on any atom is 0.338 e. The summed E-state index contributed by atoms with van der Waals surface area (Å²) in [5.74, 6) is -0.971. The van der Waals surface area contributed by atoms with E-state index in [1.54, 1.807) is 12.1 Å². The average molecular weight is 307 g/mol. The molecule has 1 aromatic carbocycles. The van der Waals surface area contributed by atoms with Crippen LogP contribution in [0.25, 0.3) is 0 Å². The van der Waals surface area contributed by atoms with Crippen LogP contribution in [0.3, 0.4) is 0 Å². The molecule has 0 aromatic heterocycles. The van der Waals surface area contributed by atoms with Crippen LogP contribution in [0.5, 0.6) is 0 Å². The first-order valence-corrected chi connectivity index (χ1v) is 7.08. The highest BCUT2D eigenvalue weighted by Crippen LogP contribution is 2.30. The van der Waals surface area contributed by atoms with Crippen LogP contribution in [0, 0.1) is 0 Å². The first-order valence-electron chi connectivity index (χ1n) is 7.08. The SMILES string of the molecule is O=C(OCc1ccccc1)[C@H](O)[C@@H](O)[C@H]1CN2C(=O)C[C@@H]2O1. The Bertz CT molecular complexity index is 562. The zero-order chi connectivity index (χ0) is 15.7. The zero-order valence-electron chi connectivity index (χ0n) is 11.8. The van der Waals surface area contributed by atoms with Gasteiger partial charge in [-0.25, -0.2) is 4.79 Å². The molecule has 1 amide bonds. The summed E-state index contributed by atoms with van der Waals surface area (Å²) in [6, 6.07) is 9.02. The highest BCUT2D eigenvalue weighted by atomic mass is 16.6. The Balaban J connectivity index is 1.51. The molecule has 118 valence electrons. The van der Waals surface area contributed by atoms with E-state index in [0.717, 1.165) is 5.56 Å². The molecule has 2 fully saturated rings. The Morgan fingerprint density at radius 3 is 2.73 bits per heavy atom. The molecule has 0 saturated carbocycles. The number of ether oxygens (including phenoxy) is 2. The molecular formula is C15H17NO6. The molecule has 2 aliphatic rings. The summed E-state index contributed by atoms with van der Waals surface area (Å²) in [5.41, 5.74) is 0.782. The van der Waals surface area contributed by atoms with Gasteiger partial charge in [0.25, 0.3) is 0 Å². The molecule has 0 radical (unpaired) electrons. The number of hydrogen-bond acceptors (Lipinski definition) is 6. The number of nitrogens with zero attached hydrogens (tertiary/aromatic N) is 1. The summed E-state index contributed by atoms with van der Waals surface area (Å²) in [6.45, 7) is 0.190. The molecule has 1 aromatic rings. The summed E-state index contributed by atoms with van der Waals surface area (Å²) in [4.78, 5) is 24.5. The van der Waals surface area contributed by atoms with Gasteiger partial charge in [-0.3, -0.25) is 4.79 Å². The number of carbonyl (C=O) groups is 2. The molecule has 7 nitrogen and oxygen atoms in total. The minimum absolute atomic E-state index is 0.0161. The van der Waals surface area contributed by atoms with Crippen molar-refractivity contribution in [3.05, 3.63) is 35.9 Å². The van der Waals surface area contributed by atoms with E-state index in [1.165, 1.54) is 4.90 Å². The Labute approximate surface area is 127 Å². The van der Waals surface area contributed by atoms with Crippen molar-refractivity contribution >= 4 is 11.9 Å². The van der Waals surface area contributed by atoms with Gasteiger partial charge in [-0.1, -0.05) is 30.3 Å². The molecule has 2 N–H and O–H groups in total. The highest BCUT2D eigenvalue weighted by molar-refractivity contribution is 5.83. The molecule has 22 heavy (non-hydrogen) atoms. The first-order chi connectivity index (χ1) is 10.6. The first kappa shape index (κ1) is 15.0. The minimum Gasteiger partial charge on any atom is -0.459 e. The van der Waals surface area contributed by atoms with Crippen molar-refractivity contribution in [3.8, 4) is 0 Å². The number of carbonyl (C=O) groups excluding carboxylic acids is 2. The summed E-state index contributed by atoms with van der Waals surface area (Å²) < 4.78 is 10.4. The number of hydrogen-bond donors (Lipinski definition) is 2. The topological polar surface area (TPSA) is 96.3 Å². The summed E-state index contributed by atoms with van der Waals surface area (Å²) >= 11 is 0. The van der Waals surface area contributed by atoms with Crippen LogP contribution in [0.15, 0.2) is 30.3 Å². The number of benzene rings is 1. The fraction of sp³-hybridized carbons (Fsp3) is 0.467. The highest BCUT2D eigenvalue weighted by Gasteiger charge is 2.49. The van der Waals surface area contributed by atoms with Gasteiger partial charge in [0.15, 0.2) is 6.10 Å². The van der Waals surface area contributed by atoms with Crippen molar-refractivity contribution in [2.75, 3.05) is 6.54 Å². The lowest BCUT2D eigenvalue weighted by molar-refractivity contribution is -0.171. The van der Waals surface area contributed by atoms with Crippen LogP contribution in [-0.2, 0) is 25.7 Å². The van der Waals surface area contributed by atoms with Crippen LogP contribution in [0.4, 0.5) is 0 Å². The zero-order valence-corrected chi connectivity index (χ0v) is 11.8. The number of aliphatic hydroxyl groups is 2. The van der Waals surface area contributed by atoms with Crippen molar-refractivity contribution < 1.29 is 29.3 Å². The second-order valence-corrected chi connectivity index (χ2v) is 5.41. The van der Waals surface area contributed by atoms with Crippen LogP contribution in [0.1, 0.15) is 12.0 Å². The maximum atomic E-state index is 11.8. The largest absolute Gasteiger partial charge is 0.459 e. The molecule has 2 heterocycles.